The quantitative estimate of drug-likeness (QED) is 0.486. The molecule has 1 N–H and O–H groups in total. The van der Waals surface area contributed by atoms with Crippen LogP contribution in [0.1, 0.15) is 23.0 Å². The van der Waals surface area contributed by atoms with Crippen molar-refractivity contribution in [2.45, 2.75) is 13.3 Å². The molecule has 31 heavy (non-hydrogen) atoms. The first-order valence-electron chi connectivity index (χ1n) is 9.59. The maximum Gasteiger partial charge on any atom is 0.295 e. The largest absolute Gasteiger partial charge is 0.505 e. The van der Waals surface area contributed by atoms with E-state index in [4.69, 9.17) is 0 Å². The lowest BCUT2D eigenvalue weighted by atomic mass is 9.97. The Balaban J connectivity index is 1.76. The van der Waals surface area contributed by atoms with Gasteiger partial charge in [0.25, 0.3) is 11.8 Å². The molecule has 0 bridgehead atoms. The van der Waals surface area contributed by atoms with Crippen molar-refractivity contribution in [2.24, 2.45) is 5.10 Å². The number of hydrogen-bond acceptors (Lipinski definition) is 7. The Morgan fingerprint density at radius 2 is 1.65 bits per heavy atom. The summed E-state index contributed by atoms with van der Waals surface area (Å²) in [6.45, 7) is 1.68. The molecule has 2 amide bonds. The molecule has 0 atom stereocenters. The molecular weight excluding hydrogens is 412 g/mol. The van der Waals surface area contributed by atoms with Gasteiger partial charge in [0.1, 0.15) is 16.3 Å². The summed E-state index contributed by atoms with van der Waals surface area (Å²) in [5.74, 6) is -1.30. The number of hydrogen-bond donors (Lipinski definition) is 1. The minimum atomic E-state index is -0.664. The number of amides is 2. The fourth-order valence-corrected chi connectivity index (χ4v) is 4.56. The summed E-state index contributed by atoms with van der Waals surface area (Å²) in [7, 11) is 0. The first kappa shape index (κ1) is 19.1. The van der Waals surface area contributed by atoms with Crippen LogP contribution < -0.4 is 0 Å². The number of rotatable bonds is 3. The molecule has 5 rings (SSSR count). The number of imide groups is 1. The van der Waals surface area contributed by atoms with Crippen LogP contribution in [0.3, 0.4) is 0 Å². The molecule has 152 valence electrons. The zero-order valence-electron chi connectivity index (χ0n) is 16.4. The van der Waals surface area contributed by atoms with Crippen molar-refractivity contribution in [1.29, 1.82) is 0 Å². The van der Waals surface area contributed by atoms with Crippen LogP contribution in [0.4, 0.5) is 0 Å². The Hall–Kier alpha value is -3.91. The van der Waals surface area contributed by atoms with E-state index in [-0.39, 0.29) is 17.0 Å². The van der Waals surface area contributed by atoms with Crippen molar-refractivity contribution in [1.82, 2.24) is 15.2 Å². The van der Waals surface area contributed by atoms with Crippen LogP contribution in [0.5, 0.6) is 5.75 Å². The van der Waals surface area contributed by atoms with Crippen LogP contribution in [-0.2, 0) is 4.79 Å². The van der Waals surface area contributed by atoms with Crippen molar-refractivity contribution in [3.63, 3.8) is 0 Å². The Kier molecular flexibility index (Phi) is 4.56. The summed E-state index contributed by atoms with van der Waals surface area (Å²) in [5, 5.41) is 25.1. The third kappa shape index (κ3) is 3.17. The molecule has 0 fully saturated rings. The van der Waals surface area contributed by atoms with Gasteiger partial charge in [-0.25, -0.2) is 0 Å². The van der Waals surface area contributed by atoms with Gasteiger partial charge in [0.2, 0.25) is 0 Å². The van der Waals surface area contributed by atoms with E-state index in [2.05, 4.69) is 15.3 Å². The lowest BCUT2D eigenvalue weighted by molar-refractivity contribution is -0.126. The highest BCUT2D eigenvalue weighted by atomic mass is 32.1. The van der Waals surface area contributed by atoms with Crippen LogP contribution in [0, 0.1) is 0 Å². The first-order valence-corrected chi connectivity index (χ1v) is 10.4. The average Bonchev–Trinajstić information content (AvgIpc) is 3.32. The van der Waals surface area contributed by atoms with Gasteiger partial charge < -0.3 is 5.11 Å². The molecule has 0 saturated carbocycles. The number of thiophene rings is 1. The monoisotopic (exact) mass is 428 g/mol. The van der Waals surface area contributed by atoms with E-state index in [0.29, 0.717) is 27.2 Å². The number of nitrogens with zero attached hydrogens (tertiary/aromatic N) is 4. The molecule has 2 aromatic heterocycles. The number of carbonyl (C=O) groups excluding carboxylic acids is 2. The average molecular weight is 428 g/mol. The Morgan fingerprint density at radius 1 is 1.00 bits per heavy atom. The van der Waals surface area contributed by atoms with Gasteiger partial charge in [0, 0.05) is 16.8 Å². The second-order valence-corrected chi connectivity index (χ2v) is 8.14. The molecule has 0 saturated heterocycles. The number of benzene rings is 2. The minimum absolute atomic E-state index is 0.0125. The van der Waals surface area contributed by atoms with Crippen LogP contribution in [0.25, 0.3) is 32.6 Å². The van der Waals surface area contributed by atoms with Gasteiger partial charge in [-0.15, -0.1) is 21.5 Å². The summed E-state index contributed by atoms with van der Waals surface area (Å²) in [5.41, 5.74) is 3.49. The zero-order chi connectivity index (χ0) is 21.5. The van der Waals surface area contributed by atoms with Gasteiger partial charge in [-0.3, -0.25) is 9.59 Å². The standard InChI is InChI=1S/C23H16N4O3S/c1-13-12-16(28)27(26-13)23(30)21-20(29)18-17(14-8-4-2-5-9-14)19(24-25-22(18)31-21)15-10-6-3-7-11-15/h2-11,29H,12H2,1H3. The molecule has 1 aliphatic rings. The van der Waals surface area contributed by atoms with Crippen molar-refractivity contribution in [2.75, 3.05) is 0 Å². The Labute approximate surface area is 181 Å². The summed E-state index contributed by atoms with van der Waals surface area (Å²) in [6.07, 6.45) is 0.0879. The van der Waals surface area contributed by atoms with Gasteiger partial charge in [-0.1, -0.05) is 60.7 Å². The Morgan fingerprint density at radius 3 is 2.26 bits per heavy atom. The molecule has 8 heteroatoms. The van der Waals surface area contributed by atoms with E-state index in [1.165, 1.54) is 0 Å². The number of fused-ring (bicyclic) bond motifs is 1. The lowest BCUT2D eigenvalue weighted by Crippen LogP contribution is -2.27. The third-order valence-corrected chi connectivity index (χ3v) is 6.05. The maximum atomic E-state index is 13.0. The van der Waals surface area contributed by atoms with Crippen molar-refractivity contribution in [3.8, 4) is 28.1 Å². The second-order valence-electron chi connectivity index (χ2n) is 7.14. The molecule has 4 aromatic rings. The highest BCUT2D eigenvalue weighted by Gasteiger charge is 2.33. The molecule has 3 heterocycles. The van der Waals surface area contributed by atoms with Crippen molar-refractivity contribution >= 4 is 39.1 Å². The lowest BCUT2D eigenvalue weighted by Gasteiger charge is -2.11. The number of hydrazone groups is 1. The van der Waals surface area contributed by atoms with E-state index in [0.717, 1.165) is 27.5 Å². The third-order valence-electron chi connectivity index (χ3n) is 5.00. The van der Waals surface area contributed by atoms with E-state index in [1.807, 2.05) is 60.7 Å². The predicted octanol–water partition coefficient (Wildman–Crippen LogP) is 4.48. The molecule has 0 spiro atoms. The minimum Gasteiger partial charge on any atom is -0.505 e. The molecule has 0 aliphatic carbocycles. The molecule has 0 unspecified atom stereocenters. The highest BCUT2D eigenvalue weighted by molar-refractivity contribution is 7.21. The van der Waals surface area contributed by atoms with Gasteiger partial charge in [0.15, 0.2) is 4.83 Å². The van der Waals surface area contributed by atoms with Gasteiger partial charge in [-0.05, 0) is 12.5 Å². The van der Waals surface area contributed by atoms with Crippen LogP contribution in [0.2, 0.25) is 0 Å². The number of aromatic hydroxyl groups is 1. The number of carbonyl (C=O) groups is 2. The summed E-state index contributed by atoms with van der Waals surface area (Å²) >= 11 is 0.999. The molecular formula is C23H16N4O3S. The fraction of sp³-hybridized carbons (Fsp3) is 0.0870. The molecule has 1 aliphatic heterocycles. The zero-order valence-corrected chi connectivity index (χ0v) is 17.3. The van der Waals surface area contributed by atoms with E-state index >= 15 is 0 Å². The fourth-order valence-electron chi connectivity index (χ4n) is 3.61. The normalized spacial score (nSPS) is 13.6. The summed E-state index contributed by atoms with van der Waals surface area (Å²) < 4.78 is 0. The SMILES string of the molecule is CC1=NN(C(=O)c2sc3nnc(-c4ccccc4)c(-c4ccccc4)c3c2O)C(=O)C1. The molecule has 0 radical (unpaired) electrons. The molecule has 2 aromatic carbocycles. The van der Waals surface area contributed by atoms with E-state index < -0.39 is 11.8 Å². The maximum absolute atomic E-state index is 13.0. The van der Waals surface area contributed by atoms with Gasteiger partial charge >= 0.3 is 0 Å². The van der Waals surface area contributed by atoms with E-state index in [9.17, 15) is 14.7 Å². The smallest absolute Gasteiger partial charge is 0.295 e. The number of aromatic nitrogens is 2. The summed E-state index contributed by atoms with van der Waals surface area (Å²) in [6, 6.07) is 19.1. The van der Waals surface area contributed by atoms with Crippen LogP contribution in [0.15, 0.2) is 65.8 Å². The molecule has 7 nitrogen and oxygen atoms in total. The van der Waals surface area contributed by atoms with Gasteiger partial charge in [-0.2, -0.15) is 10.1 Å². The van der Waals surface area contributed by atoms with Gasteiger partial charge in [0.05, 0.1) is 11.8 Å². The first-order chi connectivity index (χ1) is 15.0. The highest BCUT2D eigenvalue weighted by Crippen LogP contribution is 2.45. The predicted molar refractivity (Wildman–Crippen MR) is 119 cm³/mol. The topological polar surface area (TPSA) is 95.8 Å². The Bertz CT molecular complexity index is 1360. The second kappa shape index (κ2) is 7.41. The van der Waals surface area contributed by atoms with E-state index in [1.54, 1.807) is 6.92 Å². The summed E-state index contributed by atoms with van der Waals surface area (Å²) in [4.78, 5) is 25.6. The van der Waals surface area contributed by atoms with Crippen molar-refractivity contribution < 1.29 is 14.7 Å². The van der Waals surface area contributed by atoms with Crippen molar-refractivity contribution in [3.05, 3.63) is 65.5 Å². The van der Waals surface area contributed by atoms with Crippen LogP contribution >= 0.6 is 11.3 Å². The van der Waals surface area contributed by atoms with Crippen LogP contribution in [-0.4, -0.2) is 37.8 Å².